The van der Waals surface area contributed by atoms with Gasteiger partial charge in [-0.25, -0.2) is 8.42 Å². The van der Waals surface area contributed by atoms with E-state index in [-0.39, 0.29) is 16.0 Å². The summed E-state index contributed by atoms with van der Waals surface area (Å²) in [4.78, 5) is 15.0. The molecule has 1 aromatic heterocycles. The lowest BCUT2D eigenvalue weighted by Gasteiger charge is -2.36. The van der Waals surface area contributed by atoms with Crippen molar-refractivity contribution in [1.29, 1.82) is 0 Å². The smallest absolute Gasteiger partial charge is 0.252 e. The molecule has 2 saturated heterocycles. The average molecular weight is 497 g/mol. The van der Waals surface area contributed by atoms with Gasteiger partial charge >= 0.3 is 0 Å². The number of amides is 1. The van der Waals surface area contributed by atoms with Crippen molar-refractivity contribution >= 4 is 38.9 Å². The van der Waals surface area contributed by atoms with Gasteiger partial charge in [-0.15, -0.1) is 11.3 Å². The second-order valence-corrected chi connectivity index (χ2v) is 12.4. The van der Waals surface area contributed by atoms with E-state index in [9.17, 15) is 13.2 Å². The Hall–Kier alpha value is -1.45. The molecule has 0 aliphatic carbocycles. The zero-order valence-corrected chi connectivity index (χ0v) is 20.4. The fourth-order valence-electron chi connectivity index (χ4n) is 4.40. The van der Waals surface area contributed by atoms with Gasteiger partial charge in [-0.2, -0.15) is 4.31 Å². The van der Waals surface area contributed by atoms with Crippen LogP contribution in [0.1, 0.15) is 31.2 Å². The van der Waals surface area contributed by atoms with Gasteiger partial charge in [0.25, 0.3) is 10.0 Å². The first kappa shape index (κ1) is 23.7. The van der Waals surface area contributed by atoms with E-state index in [1.807, 2.05) is 23.1 Å². The Bertz CT molecular complexity index is 996. The molecule has 6 nitrogen and oxygen atoms in total. The number of hydrogen-bond acceptors (Lipinski definition) is 5. The Morgan fingerprint density at radius 3 is 2.31 bits per heavy atom. The second kappa shape index (κ2) is 10.7. The Kier molecular flexibility index (Phi) is 7.89. The number of piperidine rings is 2. The first-order chi connectivity index (χ1) is 15.4. The molecule has 0 spiro atoms. The highest BCUT2D eigenvalue weighted by molar-refractivity contribution is 7.91. The zero-order valence-electron chi connectivity index (χ0n) is 18.0. The summed E-state index contributed by atoms with van der Waals surface area (Å²) in [6, 6.07) is 13.3. The van der Waals surface area contributed by atoms with Gasteiger partial charge in [-0.1, -0.05) is 41.9 Å². The lowest BCUT2D eigenvalue weighted by atomic mass is 9.93. The minimum absolute atomic E-state index is 0.0979. The molecule has 0 unspecified atom stereocenters. The monoisotopic (exact) mass is 496 g/mol. The molecular formula is C23H29ClN2O4S2. The molecular weight excluding hydrogens is 468 g/mol. The van der Waals surface area contributed by atoms with Gasteiger partial charge in [0.15, 0.2) is 0 Å². The van der Waals surface area contributed by atoms with E-state index in [1.54, 1.807) is 12.1 Å². The summed E-state index contributed by atoms with van der Waals surface area (Å²) in [5.41, 5.74) is 1.18. The largest absolute Gasteiger partial charge is 0.376 e. The molecule has 0 bridgehead atoms. The highest BCUT2D eigenvalue weighted by atomic mass is 35.5. The van der Waals surface area contributed by atoms with Crippen molar-refractivity contribution in [3.63, 3.8) is 0 Å². The van der Waals surface area contributed by atoms with Crippen molar-refractivity contribution in [2.75, 3.05) is 32.8 Å². The fourth-order valence-corrected chi connectivity index (χ4v) is 7.51. The number of rotatable bonds is 7. The number of hydrogen-bond donors (Lipinski definition) is 0. The number of carbonyl (C=O) groups excluding carboxylic acids is 1. The molecule has 4 rings (SSSR count). The summed E-state index contributed by atoms with van der Waals surface area (Å²) in [5.74, 6) is 0.552. The van der Waals surface area contributed by atoms with Crippen molar-refractivity contribution in [3.8, 4) is 0 Å². The SMILES string of the molecule is O=C(C1CCN(S(=O)(=O)c2ccc(Cl)s2)CC1)N1CCC(COCc2ccccc2)CC1. The molecule has 0 radical (unpaired) electrons. The number of sulfonamides is 1. The lowest BCUT2D eigenvalue weighted by Crippen LogP contribution is -2.46. The predicted octanol–water partition coefficient (Wildman–Crippen LogP) is 4.26. The quantitative estimate of drug-likeness (QED) is 0.574. The second-order valence-electron chi connectivity index (χ2n) is 8.51. The van der Waals surface area contributed by atoms with Gasteiger partial charge in [0.2, 0.25) is 5.91 Å². The summed E-state index contributed by atoms with van der Waals surface area (Å²) < 4.78 is 33.6. The molecule has 2 aromatic rings. The van der Waals surface area contributed by atoms with Crippen molar-refractivity contribution < 1.29 is 17.9 Å². The number of ether oxygens (including phenoxy) is 1. The molecule has 2 aliphatic heterocycles. The van der Waals surface area contributed by atoms with Gasteiger partial charge in [0, 0.05) is 38.7 Å². The highest BCUT2D eigenvalue weighted by Crippen LogP contribution is 2.31. The van der Waals surface area contributed by atoms with E-state index in [0.717, 1.165) is 43.9 Å². The summed E-state index contributed by atoms with van der Waals surface area (Å²) in [5, 5.41) is 0. The van der Waals surface area contributed by atoms with Crippen LogP contribution < -0.4 is 0 Å². The summed E-state index contributed by atoms with van der Waals surface area (Å²) in [7, 11) is -3.52. The van der Waals surface area contributed by atoms with E-state index < -0.39 is 10.0 Å². The molecule has 0 atom stereocenters. The van der Waals surface area contributed by atoms with Crippen LogP contribution in [0.4, 0.5) is 0 Å². The Morgan fingerprint density at radius 1 is 1.00 bits per heavy atom. The maximum Gasteiger partial charge on any atom is 0.252 e. The third-order valence-electron chi connectivity index (χ3n) is 6.34. The van der Waals surface area contributed by atoms with Gasteiger partial charge in [-0.3, -0.25) is 4.79 Å². The molecule has 2 aliphatic rings. The van der Waals surface area contributed by atoms with Crippen LogP contribution in [0.15, 0.2) is 46.7 Å². The van der Waals surface area contributed by atoms with Crippen LogP contribution >= 0.6 is 22.9 Å². The van der Waals surface area contributed by atoms with Crippen LogP contribution in [0.2, 0.25) is 4.34 Å². The van der Waals surface area contributed by atoms with E-state index >= 15 is 0 Å². The molecule has 0 N–H and O–H groups in total. The Balaban J connectivity index is 1.20. The standard InChI is InChI=1S/C23H29ClN2O4S2/c24-21-6-7-22(31-21)32(28,29)26-14-10-20(11-15-26)23(27)25-12-8-19(9-13-25)17-30-16-18-4-2-1-3-5-18/h1-7,19-20H,8-17H2. The molecule has 2 fully saturated rings. The van der Waals surface area contributed by atoms with E-state index in [4.69, 9.17) is 16.3 Å². The average Bonchev–Trinajstić information content (AvgIpc) is 3.27. The molecule has 32 heavy (non-hydrogen) atoms. The van der Waals surface area contributed by atoms with Crippen LogP contribution in [-0.4, -0.2) is 56.3 Å². The van der Waals surface area contributed by atoms with Crippen LogP contribution in [-0.2, 0) is 26.2 Å². The van der Waals surface area contributed by atoms with Gasteiger partial charge in [0.05, 0.1) is 10.9 Å². The maximum atomic E-state index is 13.0. The Labute approximate surface area is 199 Å². The summed E-state index contributed by atoms with van der Waals surface area (Å²) in [6.45, 7) is 3.60. The van der Waals surface area contributed by atoms with Crippen LogP contribution in [0, 0.1) is 11.8 Å². The number of nitrogens with zero attached hydrogens (tertiary/aromatic N) is 2. The lowest BCUT2D eigenvalue weighted by molar-refractivity contribution is -0.138. The molecule has 174 valence electrons. The van der Waals surface area contributed by atoms with Crippen LogP contribution in [0.5, 0.6) is 0 Å². The molecule has 3 heterocycles. The number of halogens is 1. The van der Waals surface area contributed by atoms with Crippen molar-refractivity contribution in [3.05, 3.63) is 52.4 Å². The maximum absolute atomic E-state index is 13.0. The topological polar surface area (TPSA) is 66.9 Å². The highest BCUT2D eigenvalue weighted by Gasteiger charge is 2.35. The van der Waals surface area contributed by atoms with E-state index in [0.29, 0.717) is 42.8 Å². The Morgan fingerprint density at radius 2 is 1.69 bits per heavy atom. The molecule has 1 amide bonds. The zero-order chi connectivity index (χ0) is 22.6. The van der Waals surface area contributed by atoms with Crippen molar-refractivity contribution in [2.24, 2.45) is 11.8 Å². The van der Waals surface area contributed by atoms with Gasteiger partial charge in [0.1, 0.15) is 4.21 Å². The van der Waals surface area contributed by atoms with Gasteiger partial charge < -0.3 is 9.64 Å². The third kappa shape index (κ3) is 5.72. The third-order valence-corrected chi connectivity index (χ3v) is 9.93. The first-order valence-corrected chi connectivity index (χ1v) is 13.7. The minimum atomic E-state index is -3.52. The summed E-state index contributed by atoms with van der Waals surface area (Å²) in [6.07, 6.45) is 3.04. The van der Waals surface area contributed by atoms with Crippen molar-refractivity contribution in [2.45, 2.75) is 36.5 Å². The van der Waals surface area contributed by atoms with Crippen LogP contribution in [0.25, 0.3) is 0 Å². The normalized spacial score (nSPS) is 19.3. The number of thiophene rings is 1. The predicted molar refractivity (Wildman–Crippen MR) is 126 cm³/mol. The summed E-state index contributed by atoms with van der Waals surface area (Å²) >= 11 is 6.97. The van der Waals surface area contributed by atoms with Crippen LogP contribution in [0.3, 0.4) is 0 Å². The van der Waals surface area contributed by atoms with E-state index in [1.165, 1.54) is 9.87 Å². The fraction of sp³-hybridized carbons (Fsp3) is 0.522. The van der Waals surface area contributed by atoms with Crippen molar-refractivity contribution in [1.82, 2.24) is 9.21 Å². The number of likely N-dealkylation sites (tertiary alicyclic amines) is 1. The molecule has 9 heteroatoms. The first-order valence-electron chi connectivity index (χ1n) is 11.1. The number of benzene rings is 1. The molecule has 0 saturated carbocycles. The number of carbonyl (C=O) groups is 1. The molecule has 1 aromatic carbocycles. The van der Waals surface area contributed by atoms with Gasteiger partial charge in [-0.05, 0) is 49.3 Å². The van der Waals surface area contributed by atoms with E-state index in [2.05, 4.69) is 12.1 Å². The minimum Gasteiger partial charge on any atom is -0.376 e.